The molecule has 5 aromatic rings. The van der Waals surface area contributed by atoms with Crippen molar-refractivity contribution in [1.82, 2.24) is 4.57 Å². The molecule has 0 fully saturated rings. The van der Waals surface area contributed by atoms with Gasteiger partial charge in [0, 0.05) is 22.6 Å². The number of aryl methyl sites for hydroxylation is 2. The molecule has 0 saturated carbocycles. The highest BCUT2D eigenvalue weighted by Gasteiger charge is 2.24. The van der Waals surface area contributed by atoms with Crippen molar-refractivity contribution in [3.8, 4) is 0 Å². The first-order valence-corrected chi connectivity index (χ1v) is 12.9. The molecule has 0 N–H and O–H groups in total. The minimum atomic E-state index is -1.48. The molecule has 0 aliphatic rings. The Hall–Kier alpha value is -3.76. The van der Waals surface area contributed by atoms with Crippen LogP contribution >= 0.6 is 0 Å². The lowest BCUT2D eigenvalue weighted by Crippen LogP contribution is -2.18. The summed E-state index contributed by atoms with van der Waals surface area (Å²) in [5.41, 5.74) is 5.24. The summed E-state index contributed by atoms with van der Waals surface area (Å²) in [4.78, 5) is 14.7. The zero-order valence-electron chi connectivity index (χ0n) is 19.8. The third-order valence-corrected chi connectivity index (χ3v) is 7.79. The number of aromatic nitrogens is 1. The van der Waals surface area contributed by atoms with Crippen molar-refractivity contribution in [2.24, 2.45) is 0 Å². The third kappa shape index (κ3) is 4.75. The maximum atomic E-state index is 14.0. The molecule has 35 heavy (non-hydrogen) atoms. The van der Waals surface area contributed by atoms with Crippen LogP contribution < -0.4 is 0 Å². The van der Waals surface area contributed by atoms with Gasteiger partial charge < -0.3 is 0 Å². The summed E-state index contributed by atoms with van der Waals surface area (Å²) in [6, 6.07) is 35.7. The van der Waals surface area contributed by atoms with Crippen LogP contribution in [0.1, 0.15) is 39.4 Å². The second-order valence-corrected chi connectivity index (χ2v) is 10.4. The van der Waals surface area contributed by atoms with Gasteiger partial charge in [0.15, 0.2) is 0 Å². The minimum Gasteiger partial charge on any atom is -0.274 e. The lowest BCUT2D eigenvalue weighted by atomic mass is 9.88. The number of hydrogen-bond acceptors (Lipinski definition) is 2. The third-order valence-electron chi connectivity index (χ3n) is 6.41. The fourth-order valence-electron chi connectivity index (χ4n) is 4.48. The van der Waals surface area contributed by atoms with Crippen LogP contribution in [-0.2, 0) is 10.8 Å². The normalized spacial score (nSPS) is 13.0. The molecule has 0 amide bonds. The zero-order valence-corrected chi connectivity index (χ0v) is 20.7. The number of fused-ring (bicyclic) bond motifs is 1. The molecule has 1 aromatic heterocycles. The number of nitrogens with zero attached hydrogens (tertiary/aromatic N) is 1. The van der Waals surface area contributed by atoms with Gasteiger partial charge in [-0.3, -0.25) is 9.36 Å². The van der Waals surface area contributed by atoms with Crippen molar-refractivity contribution in [2.45, 2.75) is 36.1 Å². The standard InChI is InChI=1S/C31H27NO2S/c1-22-12-16-25(17-13-22)28(24-8-4-3-5-9-24)21-30(33)32-29-11-7-6-10-26(29)20-31(32)35(34)27-18-14-23(2)15-19-27/h3-20,28H,21H2,1-2H3/t28-,35+/m1/s1. The van der Waals surface area contributed by atoms with Gasteiger partial charge in [0.05, 0.1) is 5.52 Å². The van der Waals surface area contributed by atoms with E-state index in [9.17, 15) is 9.00 Å². The SMILES string of the molecule is Cc1ccc([C@H](CC(=O)n2c([S@@](=O)c3ccc(C)cc3)cc3ccccc32)c2ccccc2)cc1. The van der Waals surface area contributed by atoms with Gasteiger partial charge in [0.25, 0.3) is 0 Å². The van der Waals surface area contributed by atoms with Crippen molar-refractivity contribution in [2.75, 3.05) is 0 Å². The van der Waals surface area contributed by atoms with Gasteiger partial charge in [0.1, 0.15) is 15.8 Å². The average Bonchev–Trinajstić information content (AvgIpc) is 3.28. The minimum absolute atomic E-state index is 0.0731. The first-order chi connectivity index (χ1) is 17.0. The van der Waals surface area contributed by atoms with Crippen LogP contribution in [0.2, 0.25) is 0 Å². The molecule has 1 heterocycles. The highest BCUT2D eigenvalue weighted by atomic mass is 32.2. The van der Waals surface area contributed by atoms with E-state index in [2.05, 4.69) is 43.3 Å². The number of carbonyl (C=O) groups excluding carboxylic acids is 1. The van der Waals surface area contributed by atoms with Crippen LogP contribution in [0.25, 0.3) is 10.9 Å². The van der Waals surface area contributed by atoms with E-state index in [4.69, 9.17) is 0 Å². The van der Waals surface area contributed by atoms with Gasteiger partial charge in [-0.05, 0) is 49.2 Å². The molecule has 2 atom stereocenters. The second kappa shape index (κ2) is 9.85. The Morgan fingerprint density at radius 2 is 1.31 bits per heavy atom. The van der Waals surface area contributed by atoms with Crippen LogP contribution in [-0.4, -0.2) is 14.7 Å². The fraction of sp³-hybridized carbons (Fsp3) is 0.129. The molecule has 0 radical (unpaired) electrons. The van der Waals surface area contributed by atoms with E-state index in [0.717, 1.165) is 27.6 Å². The molecule has 0 spiro atoms. The Balaban J connectivity index is 1.59. The van der Waals surface area contributed by atoms with Crippen molar-refractivity contribution >= 4 is 27.6 Å². The molecule has 0 saturated heterocycles. The van der Waals surface area contributed by atoms with E-state index < -0.39 is 10.8 Å². The average molecular weight is 478 g/mol. The van der Waals surface area contributed by atoms with Crippen LogP contribution in [0.4, 0.5) is 0 Å². The highest BCUT2D eigenvalue weighted by Crippen LogP contribution is 2.32. The Morgan fingerprint density at radius 1 is 0.743 bits per heavy atom. The summed E-state index contributed by atoms with van der Waals surface area (Å²) < 4.78 is 15.3. The van der Waals surface area contributed by atoms with Crippen molar-refractivity contribution in [1.29, 1.82) is 0 Å². The zero-order chi connectivity index (χ0) is 24.4. The Labute approximate surface area is 208 Å². The molecule has 0 aliphatic carbocycles. The Bertz CT molecular complexity index is 1500. The Morgan fingerprint density at radius 3 is 2.00 bits per heavy atom. The summed E-state index contributed by atoms with van der Waals surface area (Å²) in [6.07, 6.45) is 0.268. The summed E-state index contributed by atoms with van der Waals surface area (Å²) in [7, 11) is -1.48. The van der Waals surface area contributed by atoms with Crippen molar-refractivity contribution in [3.05, 3.63) is 131 Å². The number of carbonyl (C=O) groups is 1. The van der Waals surface area contributed by atoms with Crippen LogP contribution in [0.15, 0.2) is 119 Å². The van der Waals surface area contributed by atoms with Gasteiger partial charge in [-0.15, -0.1) is 0 Å². The summed E-state index contributed by atoms with van der Waals surface area (Å²) >= 11 is 0. The summed E-state index contributed by atoms with van der Waals surface area (Å²) in [5.74, 6) is -0.179. The second-order valence-electron chi connectivity index (χ2n) is 8.93. The van der Waals surface area contributed by atoms with Crippen molar-refractivity contribution < 1.29 is 9.00 Å². The van der Waals surface area contributed by atoms with E-state index >= 15 is 0 Å². The monoisotopic (exact) mass is 477 g/mol. The first kappa shape index (κ1) is 23.0. The summed E-state index contributed by atoms with van der Waals surface area (Å²) in [6.45, 7) is 4.06. The van der Waals surface area contributed by atoms with Crippen LogP contribution in [0, 0.1) is 13.8 Å². The van der Waals surface area contributed by atoms with E-state index in [1.807, 2.05) is 79.7 Å². The molecule has 174 valence electrons. The number of para-hydroxylation sites is 1. The van der Waals surface area contributed by atoms with Gasteiger partial charge in [-0.25, -0.2) is 4.21 Å². The van der Waals surface area contributed by atoms with E-state index in [1.54, 1.807) is 4.57 Å². The predicted octanol–water partition coefficient (Wildman–Crippen LogP) is 7.29. The van der Waals surface area contributed by atoms with Crippen LogP contribution in [0.3, 0.4) is 0 Å². The molecule has 0 bridgehead atoms. The maximum absolute atomic E-state index is 14.0. The molecule has 0 aliphatic heterocycles. The quantitative estimate of drug-likeness (QED) is 0.258. The molecule has 4 heteroatoms. The largest absolute Gasteiger partial charge is 0.274 e. The lowest BCUT2D eigenvalue weighted by Gasteiger charge is -2.19. The molecule has 5 rings (SSSR count). The van der Waals surface area contributed by atoms with Crippen LogP contribution in [0.5, 0.6) is 0 Å². The maximum Gasteiger partial charge on any atom is 0.233 e. The lowest BCUT2D eigenvalue weighted by molar-refractivity contribution is 0.0893. The first-order valence-electron chi connectivity index (χ1n) is 11.7. The van der Waals surface area contributed by atoms with Crippen molar-refractivity contribution in [3.63, 3.8) is 0 Å². The Kier molecular flexibility index (Phi) is 6.47. The number of rotatable bonds is 6. The molecule has 3 nitrogen and oxygen atoms in total. The van der Waals surface area contributed by atoms with E-state index in [1.165, 1.54) is 5.56 Å². The number of benzene rings is 4. The van der Waals surface area contributed by atoms with E-state index in [0.29, 0.717) is 9.92 Å². The predicted molar refractivity (Wildman–Crippen MR) is 142 cm³/mol. The molecular weight excluding hydrogens is 450 g/mol. The molecule has 4 aromatic carbocycles. The molecule has 0 unspecified atom stereocenters. The van der Waals surface area contributed by atoms with Gasteiger partial charge >= 0.3 is 0 Å². The topological polar surface area (TPSA) is 39.1 Å². The smallest absolute Gasteiger partial charge is 0.233 e. The van der Waals surface area contributed by atoms with Gasteiger partial charge in [-0.2, -0.15) is 0 Å². The van der Waals surface area contributed by atoms with Gasteiger partial charge in [-0.1, -0.05) is 96.1 Å². The summed E-state index contributed by atoms with van der Waals surface area (Å²) in [5, 5.41) is 1.42. The van der Waals surface area contributed by atoms with Gasteiger partial charge in [0.2, 0.25) is 5.91 Å². The highest BCUT2D eigenvalue weighted by molar-refractivity contribution is 7.85. The van der Waals surface area contributed by atoms with E-state index in [-0.39, 0.29) is 18.2 Å². The fourth-order valence-corrected chi connectivity index (χ4v) is 5.71. The number of hydrogen-bond donors (Lipinski definition) is 0. The molecular formula is C31H27NO2S.